The fourth-order valence-electron chi connectivity index (χ4n) is 2.77. The number of anilines is 1. The van der Waals surface area contributed by atoms with E-state index >= 15 is 0 Å². The first-order chi connectivity index (χ1) is 13.5. The van der Waals surface area contributed by atoms with Gasteiger partial charge >= 0.3 is 0 Å². The van der Waals surface area contributed by atoms with Gasteiger partial charge in [0.25, 0.3) is 0 Å². The number of hydrogen-bond acceptors (Lipinski definition) is 3. The standard InChI is InChI=1S/C22H30N4O2/c1-5-23-22(25-15-19-9-6-16(2)14-21(19)28-4)24-13-12-18-7-10-20(11-8-18)26-17(3)27/h6-11,14H,5,12-13,15H2,1-4H3,(H,26,27)(H2,23,24,25). The van der Waals surface area contributed by atoms with Crippen LogP contribution in [-0.2, 0) is 17.8 Å². The van der Waals surface area contributed by atoms with Gasteiger partial charge in [-0.3, -0.25) is 4.79 Å². The van der Waals surface area contributed by atoms with E-state index in [0.717, 1.165) is 42.5 Å². The number of nitrogens with one attached hydrogen (secondary N) is 3. The number of nitrogens with zero attached hydrogens (tertiary/aromatic N) is 1. The van der Waals surface area contributed by atoms with Crippen molar-refractivity contribution in [1.29, 1.82) is 0 Å². The summed E-state index contributed by atoms with van der Waals surface area (Å²) in [5.74, 6) is 1.57. The molecule has 0 fully saturated rings. The molecule has 0 aliphatic heterocycles. The van der Waals surface area contributed by atoms with Gasteiger partial charge in [0.15, 0.2) is 5.96 Å². The van der Waals surface area contributed by atoms with E-state index in [4.69, 9.17) is 4.74 Å². The van der Waals surface area contributed by atoms with Gasteiger partial charge in [-0.25, -0.2) is 4.99 Å². The molecule has 0 atom stereocenters. The molecule has 0 saturated carbocycles. The average Bonchev–Trinajstić information content (AvgIpc) is 2.67. The molecule has 0 unspecified atom stereocenters. The molecular weight excluding hydrogens is 352 g/mol. The highest BCUT2D eigenvalue weighted by Gasteiger charge is 2.04. The van der Waals surface area contributed by atoms with Crippen molar-refractivity contribution >= 4 is 17.6 Å². The highest BCUT2D eigenvalue weighted by atomic mass is 16.5. The molecule has 3 N–H and O–H groups in total. The number of rotatable bonds is 8. The van der Waals surface area contributed by atoms with E-state index in [9.17, 15) is 4.79 Å². The molecule has 0 radical (unpaired) electrons. The third-order valence-corrected chi connectivity index (χ3v) is 4.17. The number of carbonyl (C=O) groups is 1. The summed E-state index contributed by atoms with van der Waals surface area (Å²) in [4.78, 5) is 15.7. The lowest BCUT2D eigenvalue weighted by Crippen LogP contribution is -2.38. The van der Waals surface area contributed by atoms with Gasteiger partial charge in [0, 0.05) is 31.3 Å². The van der Waals surface area contributed by atoms with E-state index < -0.39 is 0 Å². The second-order valence-electron chi connectivity index (χ2n) is 6.57. The Kier molecular flexibility index (Phi) is 8.34. The van der Waals surface area contributed by atoms with E-state index in [1.54, 1.807) is 7.11 Å². The van der Waals surface area contributed by atoms with Crippen LogP contribution in [-0.4, -0.2) is 32.1 Å². The number of guanidine groups is 1. The first-order valence-electron chi connectivity index (χ1n) is 9.54. The summed E-state index contributed by atoms with van der Waals surface area (Å²) in [7, 11) is 1.68. The Balaban J connectivity index is 1.91. The fraction of sp³-hybridized carbons (Fsp3) is 0.364. The van der Waals surface area contributed by atoms with Crippen LogP contribution in [0.5, 0.6) is 5.75 Å². The van der Waals surface area contributed by atoms with Crippen LogP contribution in [0.4, 0.5) is 5.69 Å². The van der Waals surface area contributed by atoms with E-state index in [0.29, 0.717) is 6.54 Å². The molecule has 2 rings (SSSR count). The molecule has 1 amide bonds. The molecule has 2 aromatic carbocycles. The first-order valence-corrected chi connectivity index (χ1v) is 9.54. The van der Waals surface area contributed by atoms with Crippen LogP contribution in [0.2, 0.25) is 0 Å². The van der Waals surface area contributed by atoms with E-state index in [1.165, 1.54) is 18.1 Å². The average molecular weight is 383 g/mol. The molecule has 0 aliphatic rings. The quantitative estimate of drug-likeness (QED) is 0.484. The lowest BCUT2D eigenvalue weighted by molar-refractivity contribution is -0.114. The zero-order valence-electron chi connectivity index (χ0n) is 17.1. The predicted octanol–water partition coefficient (Wildman–Crippen LogP) is 3.26. The number of aryl methyl sites for hydroxylation is 1. The Hall–Kier alpha value is -3.02. The summed E-state index contributed by atoms with van der Waals surface area (Å²) in [6.45, 7) is 7.70. The van der Waals surface area contributed by atoms with Crippen molar-refractivity contribution in [3.63, 3.8) is 0 Å². The van der Waals surface area contributed by atoms with Crippen molar-refractivity contribution in [1.82, 2.24) is 10.6 Å². The first kappa shape index (κ1) is 21.3. The van der Waals surface area contributed by atoms with Crippen molar-refractivity contribution in [2.45, 2.75) is 33.7 Å². The smallest absolute Gasteiger partial charge is 0.221 e. The van der Waals surface area contributed by atoms with Crippen LogP contribution in [0.1, 0.15) is 30.5 Å². The zero-order valence-corrected chi connectivity index (χ0v) is 17.1. The number of benzene rings is 2. The Bertz CT molecular complexity index is 801. The summed E-state index contributed by atoms with van der Waals surface area (Å²) in [6.07, 6.45) is 0.860. The number of carbonyl (C=O) groups excluding carboxylic acids is 1. The van der Waals surface area contributed by atoms with Gasteiger partial charge in [0.1, 0.15) is 5.75 Å². The van der Waals surface area contributed by atoms with E-state index in [-0.39, 0.29) is 5.91 Å². The second-order valence-corrected chi connectivity index (χ2v) is 6.57. The SMILES string of the molecule is CCNC(=NCc1ccc(C)cc1OC)NCCc1ccc(NC(C)=O)cc1. The van der Waals surface area contributed by atoms with Gasteiger partial charge < -0.3 is 20.7 Å². The molecule has 28 heavy (non-hydrogen) atoms. The van der Waals surface area contributed by atoms with Crippen molar-refractivity contribution in [3.8, 4) is 5.75 Å². The summed E-state index contributed by atoms with van der Waals surface area (Å²) in [5, 5.41) is 9.41. The van der Waals surface area contributed by atoms with Crippen molar-refractivity contribution < 1.29 is 9.53 Å². The van der Waals surface area contributed by atoms with Gasteiger partial charge in [0.05, 0.1) is 13.7 Å². The molecule has 0 saturated heterocycles. The van der Waals surface area contributed by atoms with Gasteiger partial charge in [-0.15, -0.1) is 0 Å². The monoisotopic (exact) mass is 382 g/mol. The molecule has 6 nitrogen and oxygen atoms in total. The summed E-state index contributed by atoms with van der Waals surface area (Å²) in [6, 6.07) is 14.0. The number of ether oxygens (including phenoxy) is 1. The summed E-state index contributed by atoms with van der Waals surface area (Å²) >= 11 is 0. The Morgan fingerprint density at radius 3 is 2.50 bits per heavy atom. The predicted molar refractivity (Wildman–Crippen MR) is 115 cm³/mol. The van der Waals surface area contributed by atoms with Crippen LogP contribution >= 0.6 is 0 Å². The minimum atomic E-state index is -0.0638. The molecular formula is C22H30N4O2. The highest BCUT2D eigenvalue weighted by molar-refractivity contribution is 5.88. The largest absolute Gasteiger partial charge is 0.496 e. The third kappa shape index (κ3) is 6.95. The summed E-state index contributed by atoms with van der Waals surface area (Å²) < 4.78 is 5.45. The molecule has 0 spiro atoms. The van der Waals surface area contributed by atoms with Gasteiger partial charge in [-0.2, -0.15) is 0 Å². The van der Waals surface area contributed by atoms with Crippen LogP contribution in [0.25, 0.3) is 0 Å². The minimum Gasteiger partial charge on any atom is -0.496 e. The van der Waals surface area contributed by atoms with E-state index in [1.807, 2.05) is 44.2 Å². The molecule has 0 aromatic heterocycles. The topological polar surface area (TPSA) is 74.8 Å². The van der Waals surface area contributed by atoms with Crippen LogP contribution < -0.4 is 20.7 Å². The number of hydrogen-bond donors (Lipinski definition) is 3. The summed E-state index contributed by atoms with van der Waals surface area (Å²) in [5.41, 5.74) is 4.22. The van der Waals surface area contributed by atoms with Crippen LogP contribution in [0.15, 0.2) is 47.5 Å². The zero-order chi connectivity index (χ0) is 20.4. The molecule has 2 aromatic rings. The Morgan fingerprint density at radius 1 is 1.11 bits per heavy atom. The molecule has 0 bridgehead atoms. The van der Waals surface area contributed by atoms with E-state index in [2.05, 4.69) is 33.1 Å². The lowest BCUT2D eigenvalue weighted by atomic mass is 10.1. The highest BCUT2D eigenvalue weighted by Crippen LogP contribution is 2.20. The fourth-order valence-corrected chi connectivity index (χ4v) is 2.77. The number of methoxy groups -OCH3 is 1. The minimum absolute atomic E-state index is 0.0638. The van der Waals surface area contributed by atoms with Gasteiger partial charge in [-0.05, 0) is 49.6 Å². The van der Waals surface area contributed by atoms with Gasteiger partial charge in [0.2, 0.25) is 5.91 Å². The molecule has 150 valence electrons. The van der Waals surface area contributed by atoms with Crippen molar-refractivity contribution in [3.05, 3.63) is 59.2 Å². The Morgan fingerprint density at radius 2 is 1.86 bits per heavy atom. The van der Waals surface area contributed by atoms with Crippen molar-refractivity contribution in [2.24, 2.45) is 4.99 Å². The molecule has 0 aliphatic carbocycles. The normalized spacial score (nSPS) is 11.1. The Labute approximate surface area is 167 Å². The van der Waals surface area contributed by atoms with Crippen LogP contribution in [0.3, 0.4) is 0 Å². The molecule has 6 heteroatoms. The number of amides is 1. The number of aliphatic imine (C=N–C) groups is 1. The molecule has 0 heterocycles. The third-order valence-electron chi connectivity index (χ3n) is 4.17. The maximum Gasteiger partial charge on any atom is 0.221 e. The maximum absolute atomic E-state index is 11.1. The van der Waals surface area contributed by atoms with Crippen LogP contribution in [0, 0.1) is 6.92 Å². The van der Waals surface area contributed by atoms with Crippen molar-refractivity contribution in [2.75, 3.05) is 25.5 Å². The second kappa shape index (κ2) is 11.0. The maximum atomic E-state index is 11.1. The van der Waals surface area contributed by atoms with Gasteiger partial charge in [-0.1, -0.05) is 24.3 Å². The lowest BCUT2D eigenvalue weighted by Gasteiger charge is -2.13.